The SMILES string of the molecule is COc1ccc(/C=C/C(=O)NCCc2cc(N)ccc2N)cc1. The molecule has 0 aliphatic heterocycles. The fourth-order valence-electron chi connectivity index (χ4n) is 2.11. The third kappa shape index (κ3) is 5.07. The molecule has 1 amide bonds. The number of rotatable bonds is 6. The predicted molar refractivity (Wildman–Crippen MR) is 94.0 cm³/mol. The van der Waals surface area contributed by atoms with Gasteiger partial charge in [-0.15, -0.1) is 0 Å². The second-order valence-electron chi connectivity index (χ2n) is 5.11. The summed E-state index contributed by atoms with van der Waals surface area (Å²) in [6.45, 7) is 0.499. The minimum absolute atomic E-state index is 0.150. The minimum Gasteiger partial charge on any atom is -0.497 e. The number of carbonyl (C=O) groups excluding carboxylic acids is 1. The smallest absolute Gasteiger partial charge is 0.244 e. The number of amides is 1. The molecule has 0 unspecified atom stereocenters. The fourth-order valence-corrected chi connectivity index (χ4v) is 2.11. The molecule has 0 spiro atoms. The topological polar surface area (TPSA) is 90.4 Å². The first-order valence-electron chi connectivity index (χ1n) is 7.32. The van der Waals surface area contributed by atoms with Gasteiger partial charge in [-0.05, 0) is 54.0 Å². The Hall–Kier alpha value is -2.95. The van der Waals surface area contributed by atoms with E-state index in [1.54, 1.807) is 25.3 Å². The Balaban J connectivity index is 1.82. The molecular formula is C18H21N3O2. The average Bonchev–Trinajstić information content (AvgIpc) is 2.56. The van der Waals surface area contributed by atoms with Crippen LogP contribution >= 0.6 is 0 Å². The molecule has 2 aromatic rings. The fraction of sp³-hybridized carbons (Fsp3) is 0.167. The van der Waals surface area contributed by atoms with Gasteiger partial charge in [0.05, 0.1) is 7.11 Å². The molecule has 5 N–H and O–H groups in total. The summed E-state index contributed by atoms with van der Waals surface area (Å²) in [5.41, 5.74) is 14.8. The van der Waals surface area contributed by atoms with E-state index < -0.39 is 0 Å². The van der Waals surface area contributed by atoms with Crippen molar-refractivity contribution >= 4 is 23.4 Å². The molecule has 0 fully saturated rings. The summed E-state index contributed by atoms with van der Waals surface area (Å²) >= 11 is 0. The number of anilines is 2. The van der Waals surface area contributed by atoms with Crippen LogP contribution in [-0.4, -0.2) is 19.6 Å². The Bertz CT molecular complexity index is 694. The van der Waals surface area contributed by atoms with Gasteiger partial charge in [0.15, 0.2) is 0 Å². The van der Waals surface area contributed by atoms with Crippen LogP contribution in [0.3, 0.4) is 0 Å². The van der Waals surface area contributed by atoms with Gasteiger partial charge in [0, 0.05) is 24.0 Å². The van der Waals surface area contributed by atoms with Crippen LogP contribution < -0.4 is 21.5 Å². The Labute approximate surface area is 135 Å². The molecule has 0 aliphatic carbocycles. The van der Waals surface area contributed by atoms with Crippen LogP contribution in [0, 0.1) is 0 Å². The number of nitrogen functional groups attached to an aromatic ring is 2. The van der Waals surface area contributed by atoms with Crippen molar-refractivity contribution in [2.75, 3.05) is 25.1 Å². The highest BCUT2D eigenvalue weighted by Crippen LogP contribution is 2.15. The minimum atomic E-state index is -0.150. The van der Waals surface area contributed by atoms with Crippen LogP contribution in [0.4, 0.5) is 11.4 Å². The van der Waals surface area contributed by atoms with Crippen LogP contribution in [0.5, 0.6) is 5.75 Å². The zero-order chi connectivity index (χ0) is 16.7. The number of nitrogens with two attached hydrogens (primary N) is 2. The zero-order valence-corrected chi connectivity index (χ0v) is 13.1. The number of benzene rings is 2. The van der Waals surface area contributed by atoms with Crippen molar-refractivity contribution in [1.82, 2.24) is 5.32 Å². The highest BCUT2D eigenvalue weighted by atomic mass is 16.5. The molecule has 2 rings (SSSR count). The van der Waals surface area contributed by atoms with Crippen molar-refractivity contribution in [3.05, 3.63) is 59.7 Å². The standard InChI is InChI=1S/C18H21N3O2/c1-23-16-6-2-13(3-7-16)4-9-18(22)21-11-10-14-12-15(19)5-8-17(14)20/h2-9,12H,10-11,19-20H2,1H3,(H,21,22)/b9-4+. The normalized spacial score (nSPS) is 10.7. The zero-order valence-electron chi connectivity index (χ0n) is 13.1. The Morgan fingerprint density at radius 1 is 1.17 bits per heavy atom. The molecule has 2 aromatic carbocycles. The first-order valence-corrected chi connectivity index (χ1v) is 7.32. The molecule has 0 aromatic heterocycles. The maximum absolute atomic E-state index is 11.8. The summed E-state index contributed by atoms with van der Waals surface area (Å²) < 4.78 is 5.09. The molecule has 5 heteroatoms. The van der Waals surface area contributed by atoms with Crippen molar-refractivity contribution < 1.29 is 9.53 Å². The Morgan fingerprint density at radius 2 is 1.91 bits per heavy atom. The first kappa shape index (κ1) is 16.4. The first-order chi connectivity index (χ1) is 11.1. The van der Waals surface area contributed by atoms with Crippen molar-refractivity contribution in [3.8, 4) is 5.75 Å². The summed E-state index contributed by atoms with van der Waals surface area (Å²) in [5, 5.41) is 2.82. The van der Waals surface area contributed by atoms with E-state index in [0.717, 1.165) is 16.9 Å². The van der Waals surface area contributed by atoms with Gasteiger partial charge in [-0.2, -0.15) is 0 Å². The lowest BCUT2D eigenvalue weighted by atomic mass is 10.1. The summed E-state index contributed by atoms with van der Waals surface area (Å²) in [6, 6.07) is 12.8. The van der Waals surface area contributed by atoms with E-state index in [0.29, 0.717) is 24.3 Å². The second-order valence-corrected chi connectivity index (χ2v) is 5.11. The van der Waals surface area contributed by atoms with Crippen molar-refractivity contribution in [2.24, 2.45) is 0 Å². The molecule has 0 saturated heterocycles. The Morgan fingerprint density at radius 3 is 2.61 bits per heavy atom. The summed E-state index contributed by atoms with van der Waals surface area (Å²) in [4.78, 5) is 11.8. The van der Waals surface area contributed by atoms with Crippen LogP contribution in [-0.2, 0) is 11.2 Å². The van der Waals surface area contributed by atoms with Gasteiger partial charge < -0.3 is 21.5 Å². The average molecular weight is 311 g/mol. The lowest BCUT2D eigenvalue weighted by molar-refractivity contribution is -0.116. The van der Waals surface area contributed by atoms with Crippen LogP contribution in [0.1, 0.15) is 11.1 Å². The number of hydrogen-bond donors (Lipinski definition) is 3. The maximum Gasteiger partial charge on any atom is 0.244 e. The predicted octanol–water partition coefficient (Wildman–Crippen LogP) is 2.23. The van der Waals surface area contributed by atoms with Gasteiger partial charge in [-0.25, -0.2) is 0 Å². The van der Waals surface area contributed by atoms with E-state index in [9.17, 15) is 4.79 Å². The van der Waals surface area contributed by atoms with Crippen molar-refractivity contribution in [1.29, 1.82) is 0 Å². The number of nitrogens with one attached hydrogen (secondary N) is 1. The van der Waals surface area contributed by atoms with E-state index in [1.165, 1.54) is 6.08 Å². The van der Waals surface area contributed by atoms with Crippen molar-refractivity contribution in [2.45, 2.75) is 6.42 Å². The molecular weight excluding hydrogens is 290 g/mol. The van der Waals surface area contributed by atoms with Gasteiger partial charge in [0.25, 0.3) is 0 Å². The number of carbonyl (C=O) groups is 1. The molecule has 23 heavy (non-hydrogen) atoms. The largest absolute Gasteiger partial charge is 0.497 e. The lowest BCUT2D eigenvalue weighted by Gasteiger charge is -2.07. The number of hydrogen-bond acceptors (Lipinski definition) is 4. The molecule has 120 valence electrons. The number of methoxy groups -OCH3 is 1. The maximum atomic E-state index is 11.8. The van der Waals surface area contributed by atoms with Gasteiger partial charge >= 0.3 is 0 Å². The third-order valence-corrected chi connectivity index (χ3v) is 3.40. The van der Waals surface area contributed by atoms with Gasteiger partial charge in [-0.1, -0.05) is 12.1 Å². The van der Waals surface area contributed by atoms with E-state index in [2.05, 4.69) is 5.32 Å². The molecule has 0 bridgehead atoms. The third-order valence-electron chi connectivity index (χ3n) is 3.40. The molecule has 0 aliphatic rings. The molecule has 5 nitrogen and oxygen atoms in total. The van der Waals surface area contributed by atoms with E-state index in [1.807, 2.05) is 30.3 Å². The van der Waals surface area contributed by atoms with Gasteiger partial charge in [0.2, 0.25) is 5.91 Å². The van der Waals surface area contributed by atoms with E-state index in [4.69, 9.17) is 16.2 Å². The van der Waals surface area contributed by atoms with Crippen LogP contribution in [0.15, 0.2) is 48.5 Å². The van der Waals surface area contributed by atoms with Crippen LogP contribution in [0.2, 0.25) is 0 Å². The van der Waals surface area contributed by atoms with Gasteiger partial charge in [-0.3, -0.25) is 4.79 Å². The number of ether oxygens (including phenoxy) is 1. The summed E-state index contributed by atoms with van der Waals surface area (Å²) in [5.74, 6) is 0.634. The quantitative estimate of drug-likeness (QED) is 0.563. The highest BCUT2D eigenvalue weighted by molar-refractivity contribution is 5.91. The lowest BCUT2D eigenvalue weighted by Crippen LogP contribution is -2.23. The van der Waals surface area contributed by atoms with Crippen molar-refractivity contribution in [3.63, 3.8) is 0 Å². The van der Waals surface area contributed by atoms with E-state index >= 15 is 0 Å². The highest BCUT2D eigenvalue weighted by Gasteiger charge is 2.01. The summed E-state index contributed by atoms with van der Waals surface area (Å²) in [6.07, 6.45) is 3.90. The molecule has 0 radical (unpaired) electrons. The molecule has 0 heterocycles. The Kier molecular flexibility index (Phi) is 5.63. The van der Waals surface area contributed by atoms with Crippen LogP contribution in [0.25, 0.3) is 6.08 Å². The molecule has 0 atom stereocenters. The summed E-state index contributed by atoms with van der Waals surface area (Å²) in [7, 11) is 1.62. The molecule has 0 saturated carbocycles. The van der Waals surface area contributed by atoms with E-state index in [-0.39, 0.29) is 5.91 Å². The van der Waals surface area contributed by atoms with Gasteiger partial charge in [0.1, 0.15) is 5.75 Å². The monoisotopic (exact) mass is 311 g/mol. The second kappa shape index (κ2) is 7.89.